The van der Waals surface area contributed by atoms with Crippen molar-refractivity contribution in [2.24, 2.45) is 5.10 Å². The zero-order valence-corrected chi connectivity index (χ0v) is 17.3. The summed E-state index contributed by atoms with van der Waals surface area (Å²) in [7, 11) is 0. The Labute approximate surface area is 176 Å². The fraction of sp³-hybridized carbons (Fsp3) is 0.0500. The third-order valence-corrected chi connectivity index (χ3v) is 6.08. The average Bonchev–Trinajstić information content (AvgIpc) is 2.64. The second-order valence-electron chi connectivity index (χ2n) is 5.99. The molecular weight excluding hydrogens is 421 g/mol. The highest BCUT2D eigenvalue weighted by Crippen LogP contribution is 2.44. The lowest BCUT2D eigenvalue weighted by Crippen LogP contribution is -2.04. The van der Waals surface area contributed by atoms with Gasteiger partial charge in [-0.3, -0.25) is 5.43 Å². The summed E-state index contributed by atoms with van der Waals surface area (Å²) in [6, 6.07) is 17.7. The third-order valence-electron chi connectivity index (χ3n) is 4.12. The molecule has 0 unspecified atom stereocenters. The highest BCUT2D eigenvalue weighted by atomic mass is 35.5. The number of nitrogens with one attached hydrogen (secondary N) is 2. The van der Waals surface area contributed by atoms with E-state index in [9.17, 15) is 0 Å². The number of nitrogens with zero attached hydrogens (tertiary/aromatic N) is 1. The van der Waals surface area contributed by atoms with Gasteiger partial charge in [-0.25, -0.2) is 0 Å². The van der Waals surface area contributed by atoms with E-state index in [1.807, 2.05) is 25.1 Å². The third kappa shape index (κ3) is 3.90. The number of hydrogen-bond donors (Lipinski definition) is 2. The van der Waals surface area contributed by atoms with Crippen LogP contribution in [0.25, 0.3) is 0 Å². The Morgan fingerprint density at radius 2 is 1.63 bits per heavy atom. The molecule has 3 aromatic carbocycles. The summed E-state index contributed by atoms with van der Waals surface area (Å²) in [6.07, 6.45) is 0. The van der Waals surface area contributed by atoms with Gasteiger partial charge in [0.2, 0.25) is 0 Å². The first-order valence-corrected chi connectivity index (χ1v) is 10.1. The monoisotopic (exact) mass is 433 g/mol. The van der Waals surface area contributed by atoms with E-state index >= 15 is 0 Å². The molecule has 0 bridgehead atoms. The van der Waals surface area contributed by atoms with E-state index in [0.717, 1.165) is 22.6 Å². The Kier molecular flexibility index (Phi) is 5.24. The second-order valence-corrected chi connectivity index (χ2v) is 8.32. The lowest BCUT2D eigenvalue weighted by Gasteiger charge is -2.21. The fourth-order valence-electron chi connectivity index (χ4n) is 2.72. The van der Waals surface area contributed by atoms with E-state index in [2.05, 4.69) is 40.1 Å². The van der Waals surface area contributed by atoms with Crippen molar-refractivity contribution in [2.75, 3.05) is 10.7 Å². The lowest BCUT2D eigenvalue weighted by atomic mass is 10.1. The van der Waals surface area contributed by atoms with Crippen molar-refractivity contribution in [1.82, 2.24) is 0 Å². The van der Waals surface area contributed by atoms with Gasteiger partial charge in [0.25, 0.3) is 0 Å². The first-order chi connectivity index (χ1) is 13.0. The predicted octanol–water partition coefficient (Wildman–Crippen LogP) is 7.69. The molecule has 0 aliphatic carbocycles. The molecule has 0 spiro atoms. The van der Waals surface area contributed by atoms with E-state index in [1.165, 1.54) is 9.79 Å². The van der Waals surface area contributed by atoms with Crippen molar-refractivity contribution in [2.45, 2.75) is 16.7 Å². The minimum atomic E-state index is 0.421. The van der Waals surface area contributed by atoms with Crippen LogP contribution in [0.5, 0.6) is 0 Å². The van der Waals surface area contributed by atoms with Gasteiger partial charge in [-0.05, 0) is 48.9 Å². The van der Waals surface area contributed by atoms with Crippen molar-refractivity contribution < 1.29 is 0 Å². The lowest BCUT2D eigenvalue weighted by molar-refractivity contribution is 1.29. The van der Waals surface area contributed by atoms with Gasteiger partial charge in [-0.1, -0.05) is 64.8 Å². The molecule has 0 aromatic heterocycles. The maximum Gasteiger partial charge on any atom is 0.0935 e. The molecule has 3 nitrogen and oxygen atoms in total. The first-order valence-electron chi connectivity index (χ1n) is 8.14. The number of rotatable bonds is 3. The molecule has 1 heterocycles. The van der Waals surface area contributed by atoms with Crippen LogP contribution in [-0.4, -0.2) is 5.71 Å². The summed E-state index contributed by atoms with van der Waals surface area (Å²) in [4.78, 5) is 2.40. The average molecular weight is 435 g/mol. The van der Waals surface area contributed by atoms with Gasteiger partial charge in [0.1, 0.15) is 0 Å². The van der Waals surface area contributed by atoms with Gasteiger partial charge in [0.15, 0.2) is 0 Å². The number of hydrogen-bond acceptors (Lipinski definition) is 4. The van der Waals surface area contributed by atoms with Crippen LogP contribution in [0.4, 0.5) is 17.1 Å². The molecular formula is C20H14Cl3N3S. The van der Waals surface area contributed by atoms with Crippen LogP contribution in [-0.2, 0) is 0 Å². The smallest absolute Gasteiger partial charge is 0.0935 e. The molecule has 1 aliphatic heterocycles. The molecule has 0 saturated carbocycles. The zero-order valence-electron chi connectivity index (χ0n) is 14.2. The van der Waals surface area contributed by atoms with Gasteiger partial charge in [-0.15, -0.1) is 0 Å². The van der Waals surface area contributed by atoms with Crippen molar-refractivity contribution in [1.29, 1.82) is 0 Å². The van der Waals surface area contributed by atoms with Crippen molar-refractivity contribution in [3.63, 3.8) is 0 Å². The highest BCUT2D eigenvalue weighted by Gasteiger charge is 2.16. The van der Waals surface area contributed by atoms with Gasteiger partial charge >= 0.3 is 0 Å². The number of benzene rings is 3. The summed E-state index contributed by atoms with van der Waals surface area (Å²) in [5.41, 5.74) is 7.45. The quantitative estimate of drug-likeness (QED) is 0.256. The molecule has 136 valence electrons. The minimum Gasteiger partial charge on any atom is -0.354 e. The Morgan fingerprint density at radius 1 is 0.926 bits per heavy atom. The number of halogens is 3. The van der Waals surface area contributed by atoms with Crippen LogP contribution in [0.1, 0.15) is 12.5 Å². The summed E-state index contributed by atoms with van der Waals surface area (Å²) in [6.45, 7) is 1.93. The van der Waals surface area contributed by atoms with Crippen LogP contribution < -0.4 is 10.7 Å². The first kappa shape index (κ1) is 18.5. The molecule has 0 atom stereocenters. The summed E-state index contributed by atoms with van der Waals surface area (Å²) in [5.74, 6) is 0. The molecule has 0 fully saturated rings. The number of para-hydroxylation sites is 1. The second kappa shape index (κ2) is 7.64. The van der Waals surface area contributed by atoms with Gasteiger partial charge in [0, 0.05) is 14.8 Å². The standard InChI is InChI=1S/C20H14Cl3N3S/c1-11(25-26-20-14(22)9-13(21)10-15(20)23)12-6-7-19-17(8-12)24-16-4-2-3-5-18(16)27-19/h2-10,24,26H,1H3/b25-11-. The molecule has 7 heteroatoms. The van der Waals surface area contributed by atoms with Crippen LogP contribution in [0.3, 0.4) is 0 Å². The number of anilines is 3. The zero-order chi connectivity index (χ0) is 19.0. The maximum atomic E-state index is 6.19. The number of hydrazone groups is 1. The molecule has 4 rings (SSSR count). The molecule has 0 radical (unpaired) electrons. The van der Waals surface area contributed by atoms with Gasteiger partial charge in [0.05, 0.1) is 32.8 Å². The van der Waals surface area contributed by atoms with E-state index in [0.29, 0.717) is 20.8 Å². The largest absolute Gasteiger partial charge is 0.354 e. The van der Waals surface area contributed by atoms with Crippen LogP contribution in [0.15, 0.2) is 69.5 Å². The molecule has 0 saturated heterocycles. The van der Waals surface area contributed by atoms with Crippen molar-refractivity contribution in [3.8, 4) is 0 Å². The molecule has 3 aromatic rings. The van der Waals surface area contributed by atoms with Crippen molar-refractivity contribution >= 4 is 69.3 Å². The Balaban J connectivity index is 1.59. The topological polar surface area (TPSA) is 36.4 Å². The molecule has 27 heavy (non-hydrogen) atoms. The van der Waals surface area contributed by atoms with Crippen molar-refractivity contribution in [3.05, 3.63) is 75.2 Å². The minimum absolute atomic E-state index is 0.421. The van der Waals surface area contributed by atoms with Crippen LogP contribution in [0.2, 0.25) is 15.1 Å². The summed E-state index contributed by atoms with van der Waals surface area (Å²) >= 11 is 20.1. The molecule has 1 aliphatic rings. The Hall–Kier alpha value is -1.85. The molecule has 0 amide bonds. The maximum absolute atomic E-state index is 6.19. The normalized spacial score (nSPS) is 12.8. The van der Waals surface area contributed by atoms with Crippen LogP contribution in [0, 0.1) is 0 Å². The van der Waals surface area contributed by atoms with Gasteiger partial charge in [-0.2, -0.15) is 5.10 Å². The van der Waals surface area contributed by atoms with E-state index in [1.54, 1.807) is 23.9 Å². The number of fused-ring (bicyclic) bond motifs is 2. The van der Waals surface area contributed by atoms with E-state index < -0.39 is 0 Å². The fourth-order valence-corrected chi connectivity index (χ4v) is 4.59. The van der Waals surface area contributed by atoms with E-state index in [4.69, 9.17) is 34.8 Å². The predicted molar refractivity (Wildman–Crippen MR) is 118 cm³/mol. The summed E-state index contributed by atoms with van der Waals surface area (Å²) < 4.78 is 0. The molecule has 2 N–H and O–H groups in total. The van der Waals surface area contributed by atoms with Gasteiger partial charge < -0.3 is 5.32 Å². The van der Waals surface area contributed by atoms with E-state index in [-0.39, 0.29) is 0 Å². The Bertz CT molecular complexity index is 1040. The SMILES string of the molecule is C/C(=N/Nc1c(Cl)cc(Cl)cc1Cl)c1ccc2c(c1)Nc1ccccc1S2. The highest BCUT2D eigenvalue weighted by molar-refractivity contribution is 7.99. The van der Waals surface area contributed by atoms with Crippen LogP contribution >= 0.6 is 46.6 Å². The Morgan fingerprint density at radius 3 is 2.41 bits per heavy atom. The summed E-state index contributed by atoms with van der Waals surface area (Å²) in [5, 5.41) is 9.23.